The summed E-state index contributed by atoms with van der Waals surface area (Å²) in [6.45, 7) is 0.997. The van der Waals surface area contributed by atoms with Gasteiger partial charge in [0.25, 0.3) is 0 Å². The number of terminal acetylenes is 1. The van der Waals surface area contributed by atoms with Crippen molar-refractivity contribution in [2.45, 2.75) is 18.9 Å². The van der Waals surface area contributed by atoms with Crippen LogP contribution in [0.1, 0.15) is 24.0 Å². The second kappa shape index (κ2) is 3.68. The molecule has 1 unspecified atom stereocenters. The third-order valence-corrected chi connectivity index (χ3v) is 3.26. The first-order valence-electron chi connectivity index (χ1n) is 5.75. The van der Waals surface area contributed by atoms with Crippen LogP contribution in [0.5, 0.6) is 0 Å². The Labute approximate surface area is 95.8 Å². The molecule has 1 atom stereocenters. The van der Waals surface area contributed by atoms with Crippen molar-refractivity contribution in [2.24, 2.45) is 10.9 Å². The second-order valence-electron chi connectivity index (χ2n) is 4.49. The Balaban J connectivity index is 1.81. The van der Waals surface area contributed by atoms with Gasteiger partial charge in [0.1, 0.15) is 5.84 Å². The summed E-state index contributed by atoms with van der Waals surface area (Å²) in [7, 11) is 0. The van der Waals surface area contributed by atoms with Gasteiger partial charge in [-0.2, -0.15) is 0 Å². The summed E-state index contributed by atoms with van der Waals surface area (Å²) in [5.41, 5.74) is 2.06. The number of nitrogens with one attached hydrogen (secondary N) is 1. The molecule has 2 nitrogen and oxygen atoms in total. The van der Waals surface area contributed by atoms with Gasteiger partial charge in [-0.1, -0.05) is 18.1 Å². The number of benzene rings is 1. The number of rotatable bonds is 2. The first kappa shape index (κ1) is 9.47. The van der Waals surface area contributed by atoms with E-state index in [1.807, 2.05) is 24.3 Å². The van der Waals surface area contributed by atoms with E-state index in [4.69, 9.17) is 11.4 Å². The van der Waals surface area contributed by atoms with Crippen molar-refractivity contribution >= 4 is 5.84 Å². The summed E-state index contributed by atoms with van der Waals surface area (Å²) in [4.78, 5) is 4.73. The predicted octanol–water partition coefficient (Wildman–Crippen LogP) is 1.80. The highest BCUT2D eigenvalue weighted by atomic mass is 15.1. The minimum atomic E-state index is 0.502. The molecule has 0 saturated heterocycles. The van der Waals surface area contributed by atoms with Crippen molar-refractivity contribution in [1.29, 1.82) is 0 Å². The molecule has 80 valence electrons. The van der Waals surface area contributed by atoms with E-state index < -0.39 is 0 Å². The second-order valence-corrected chi connectivity index (χ2v) is 4.49. The standard InChI is InChI=1S/C14H14N2/c1-2-10-3-5-12(6-4-10)14-15-9-13(16-14)11-7-8-11/h1,3-6,11,13H,7-9H2,(H,15,16). The summed E-state index contributed by atoms with van der Waals surface area (Å²) in [6.07, 6.45) is 8.02. The lowest BCUT2D eigenvalue weighted by molar-refractivity contribution is 0.618. The minimum Gasteiger partial charge on any atom is -0.368 e. The average Bonchev–Trinajstić information content (AvgIpc) is 3.08. The molecule has 1 aromatic rings. The number of amidine groups is 1. The first-order valence-corrected chi connectivity index (χ1v) is 5.75. The number of nitrogens with zero attached hydrogens (tertiary/aromatic N) is 1. The zero-order chi connectivity index (χ0) is 11.0. The van der Waals surface area contributed by atoms with Gasteiger partial charge in [-0.05, 0) is 30.9 Å². The van der Waals surface area contributed by atoms with Crippen LogP contribution in [0.15, 0.2) is 29.3 Å². The largest absolute Gasteiger partial charge is 0.368 e. The fourth-order valence-corrected chi connectivity index (χ4v) is 2.11. The van der Waals surface area contributed by atoms with E-state index in [2.05, 4.69) is 11.2 Å². The van der Waals surface area contributed by atoms with Gasteiger partial charge in [0.2, 0.25) is 0 Å². The van der Waals surface area contributed by atoms with Crippen LogP contribution >= 0.6 is 0 Å². The highest BCUT2D eigenvalue weighted by Gasteiger charge is 2.33. The molecule has 2 heteroatoms. The lowest BCUT2D eigenvalue weighted by Gasteiger charge is -2.01. The SMILES string of the molecule is C#Cc1ccc(C2=NC(C3CC3)CN2)cc1. The Morgan fingerprint density at radius 1 is 1.25 bits per heavy atom. The molecule has 1 aliphatic heterocycles. The predicted molar refractivity (Wildman–Crippen MR) is 65.4 cm³/mol. The highest BCUT2D eigenvalue weighted by Crippen LogP contribution is 2.35. The third-order valence-electron chi connectivity index (χ3n) is 3.26. The van der Waals surface area contributed by atoms with E-state index in [0.29, 0.717) is 6.04 Å². The van der Waals surface area contributed by atoms with E-state index in [0.717, 1.165) is 29.4 Å². The highest BCUT2D eigenvalue weighted by molar-refractivity contribution is 6.00. The normalized spacial score (nSPS) is 23.4. The fourth-order valence-electron chi connectivity index (χ4n) is 2.11. The molecular formula is C14H14N2. The fraction of sp³-hybridized carbons (Fsp3) is 0.357. The van der Waals surface area contributed by atoms with Crippen LogP contribution in [0.3, 0.4) is 0 Å². The molecule has 0 amide bonds. The van der Waals surface area contributed by atoms with Gasteiger partial charge in [-0.15, -0.1) is 6.42 Å². The van der Waals surface area contributed by atoms with Crippen LogP contribution in [0, 0.1) is 18.3 Å². The van der Waals surface area contributed by atoms with Crippen molar-refractivity contribution in [3.8, 4) is 12.3 Å². The summed E-state index contributed by atoms with van der Waals surface area (Å²) in [5.74, 6) is 4.48. The lowest BCUT2D eigenvalue weighted by Crippen LogP contribution is -2.22. The summed E-state index contributed by atoms with van der Waals surface area (Å²) >= 11 is 0. The molecule has 2 aliphatic rings. The quantitative estimate of drug-likeness (QED) is 0.739. The van der Waals surface area contributed by atoms with Crippen LogP contribution in [0.2, 0.25) is 0 Å². The van der Waals surface area contributed by atoms with Crippen LogP contribution < -0.4 is 5.32 Å². The Bertz CT molecular complexity index is 461. The van der Waals surface area contributed by atoms with Crippen molar-refractivity contribution in [3.63, 3.8) is 0 Å². The molecule has 1 aromatic carbocycles. The van der Waals surface area contributed by atoms with Gasteiger partial charge in [0, 0.05) is 17.7 Å². The summed E-state index contributed by atoms with van der Waals surface area (Å²) in [5, 5.41) is 3.38. The van der Waals surface area contributed by atoms with Crippen molar-refractivity contribution in [3.05, 3.63) is 35.4 Å². The molecule has 0 bridgehead atoms. The Kier molecular flexibility index (Phi) is 2.18. The van der Waals surface area contributed by atoms with Crippen molar-refractivity contribution in [2.75, 3.05) is 6.54 Å². The van der Waals surface area contributed by atoms with E-state index >= 15 is 0 Å². The van der Waals surface area contributed by atoms with E-state index in [1.54, 1.807) is 0 Å². The Morgan fingerprint density at radius 2 is 2.00 bits per heavy atom. The number of hydrogen-bond donors (Lipinski definition) is 1. The molecule has 3 rings (SSSR count). The first-order chi connectivity index (χ1) is 7.86. The van der Waals surface area contributed by atoms with E-state index in [9.17, 15) is 0 Å². The van der Waals surface area contributed by atoms with Crippen molar-refractivity contribution < 1.29 is 0 Å². The average molecular weight is 210 g/mol. The molecule has 16 heavy (non-hydrogen) atoms. The molecule has 1 saturated carbocycles. The van der Waals surface area contributed by atoms with Crippen molar-refractivity contribution in [1.82, 2.24) is 5.32 Å². The molecule has 1 heterocycles. The van der Waals surface area contributed by atoms with Gasteiger partial charge in [-0.3, -0.25) is 4.99 Å². The third kappa shape index (κ3) is 1.69. The van der Waals surface area contributed by atoms with Gasteiger partial charge in [-0.25, -0.2) is 0 Å². The Morgan fingerprint density at radius 3 is 2.62 bits per heavy atom. The topological polar surface area (TPSA) is 24.4 Å². The summed E-state index contributed by atoms with van der Waals surface area (Å²) in [6, 6.07) is 8.50. The molecule has 0 radical (unpaired) electrons. The maximum Gasteiger partial charge on any atom is 0.128 e. The van der Waals surface area contributed by atoms with Gasteiger partial charge in [0.15, 0.2) is 0 Å². The van der Waals surface area contributed by atoms with Crippen LogP contribution in [0.25, 0.3) is 0 Å². The zero-order valence-electron chi connectivity index (χ0n) is 9.11. The number of hydrogen-bond acceptors (Lipinski definition) is 2. The smallest absolute Gasteiger partial charge is 0.128 e. The van der Waals surface area contributed by atoms with E-state index in [-0.39, 0.29) is 0 Å². The molecular weight excluding hydrogens is 196 g/mol. The monoisotopic (exact) mass is 210 g/mol. The Hall–Kier alpha value is -1.75. The molecule has 1 aliphatic carbocycles. The van der Waals surface area contributed by atoms with Gasteiger partial charge >= 0.3 is 0 Å². The van der Waals surface area contributed by atoms with E-state index in [1.165, 1.54) is 12.8 Å². The lowest BCUT2D eigenvalue weighted by atomic mass is 10.1. The number of aliphatic imine (C=N–C) groups is 1. The summed E-state index contributed by atoms with van der Waals surface area (Å²) < 4.78 is 0. The molecule has 0 spiro atoms. The van der Waals surface area contributed by atoms with Gasteiger partial charge < -0.3 is 5.32 Å². The maximum atomic E-state index is 5.33. The molecule has 0 aromatic heterocycles. The van der Waals surface area contributed by atoms with Crippen LogP contribution in [-0.2, 0) is 0 Å². The minimum absolute atomic E-state index is 0.502. The van der Waals surface area contributed by atoms with Crippen LogP contribution in [0.4, 0.5) is 0 Å². The van der Waals surface area contributed by atoms with Crippen LogP contribution in [-0.4, -0.2) is 18.4 Å². The van der Waals surface area contributed by atoms with Gasteiger partial charge in [0.05, 0.1) is 6.04 Å². The molecule has 1 fully saturated rings. The zero-order valence-corrected chi connectivity index (χ0v) is 9.11. The molecule has 1 N–H and O–H groups in total. The maximum absolute atomic E-state index is 5.33.